The molecule has 1 atom stereocenters. The third-order valence-electron chi connectivity index (χ3n) is 4.47. The summed E-state index contributed by atoms with van der Waals surface area (Å²) in [6, 6.07) is 11.5. The van der Waals surface area contributed by atoms with Crippen LogP contribution < -0.4 is 9.64 Å². The van der Waals surface area contributed by atoms with E-state index in [4.69, 9.17) is 9.26 Å². The molecule has 26 heavy (non-hydrogen) atoms. The van der Waals surface area contributed by atoms with Crippen LogP contribution in [0.1, 0.15) is 23.7 Å². The Bertz CT molecular complexity index is 919. The lowest BCUT2D eigenvalue weighted by Crippen LogP contribution is -2.24. The van der Waals surface area contributed by atoms with E-state index >= 15 is 0 Å². The minimum atomic E-state index is -0.0903. The van der Waals surface area contributed by atoms with E-state index in [2.05, 4.69) is 15.1 Å². The topological polar surface area (TPSA) is 81.4 Å². The normalized spacial score (nSPS) is 16.9. The maximum Gasteiger partial charge on any atom is 0.259 e. The largest absolute Gasteiger partial charge is 0.481 e. The van der Waals surface area contributed by atoms with Crippen LogP contribution >= 0.6 is 0 Å². The summed E-state index contributed by atoms with van der Waals surface area (Å²) in [5.41, 5.74) is 2.77. The fourth-order valence-electron chi connectivity index (χ4n) is 3.00. The summed E-state index contributed by atoms with van der Waals surface area (Å²) < 4.78 is 10.4. The van der Waals surface area contributed by atoms with Gasteiger partial charge in [0.25, 0.3) is 5.89 Å². The molecule has 1 aliphatic rings. The van der Waals surface area contributed by atoms with Gasteiger partial charge in [0.2, 0.25) is 11.8 Å². The zero-order chi connectivity index (χ0) is 18.1. The SMILES string of the molecule is COc1ccc(-c2nc([C@H]3CC(=O)N(c4ccc(C)cc4)C3)no2)cn1. The summed E-state index contributed by atoms with van der Waals surface area (Å²) in [6.45, 7) is 2.56. The highest BCUT2D eigenvalue weighted by Gasteiger charge is 2.34. The fourth-order valence-corrected chi connectivity index (χ4v) is 3.00. The highest BCUT2D eigenvalue weighted by molar-refractivity contribution is 5.96. The van der Waals surface area contributed by atoms with Crippen LogP contribution in [0.5, 0.6) is 5.88 Å². The Morgan fingerprint density at radius 2 is 2.00 bits per heavy atom. The van der Waals surface area contributed by atoms with Crippen molar-refractivity contribution in [2.24, 2.45) is 0 Å². The van der Waals surface area contributed by atoms with Crippen LogP contribution in [-0.4, -0.2) is 34.7 Å². The molecular formula is C19H18N4O3. The Kier molecular flexibility index (Phi) is 4.12. The summed E-state index contributed by atoms with van der Waals surface area (Å²) in [7, 11) is 1.56. The Morgan fingerprint density at radius 1 is 1.19 bits per heavy atom. The summed E-state index contributed by atoms with van der Waals surface area (Å²) in [5.74, 6) is 1.42. The van der Waals surface area contributed by atoms with Gasteiger partial charge in [-0.15, -0.1) is 0 Å². The van der Waals surface area contributed by atoms with Crippen LogP contribution in [0.15, 0.2) is 47.1 Å². The first-order valence-corrected chi connectivity index (χ1v) is 8.35. The number of carbonyl (C=O) groups excluding carboxylic acids is 1. The van der Waals surface area contributed by atoms with Gasteiger partial charge in [-0.1, -0.05) is 22.9 Å². The number of methoxy groups -OCH3 is 1. The molecule has 1 aromatic carbocycles. The second-order valence-corrected chi connectivity index (χ2v) is 6.29. The minimum absolute atomic E-state index is 0.0660. The van der Waals surface area contributed by atoms with E-state index in [1.54, 1.807) is 24.3 Å². The van der Waals surface area contributed by atoms with Crippen LogP contribution in [0, 0.1) is 6.92 Å². The number of aryl methyl sites for hydroxylation is 1. The second kappa shape index (κ2) is 6.59. The molecule has 0 bridgehead atoms. The zero-order valence-corrected chi connectivity index (χ0v) is 14.5. The van der Waals surface area contributed by atoms with E-state index < -0.39 is 0 Å². The zero-order valence-electron chi connectivity index (χ0n) is 14.5. The van der Waals surface area contributed by atoms with E-state index in [0.717, 1.165) is 11.3 Å². The number of nitrogens with zero attached hydrogens (tertiary/aromatic N) is 4. The van der Waals surface area contributed by atoms with Gasteiger partial charge in [-0.3, -0.25) is 4.79 Å². The van der Waals surface area contributed by atoms with Gasteiger partial charge in [-0.2, -0.15) is 4.98 Å². The fraction of sp³-hybridized carbons (Fsp3) is 0.263. The van der Waals surface area contributed by atoms with Crippen molar-refractivity contribution in [3.8, 4) is 17.3 Å². The molecule has 2 aromatic heterocycles. The van der Waals surface area contributed by atoms with E-state index in [1.807, 2.05) is 37.3 Å². The molecule has 0 saturated carbocycles. The van der Waals surface area contributed by atoms with Gasteiger partial charge < -0.3 is 14.2 Å². The molecule has 4 rings (SSSR count). The van der Waals surface area contributed by atoms with Gasteiger partial charge in [-0.25, -0.2) is 4.98 Å². The van der Waals surface area contributed by atoms with E-state index in [1.165, 1.54) is 0 Å². The average molecular weight is 350 g/mol. The lowest BCUT2D eigenvalue weighted by Gasteiger charge is -2.16. The number of anilines is 1. The van der Waals surface area contributed by atoms with Gasteiger partial charge in [0, 0.05) is 36.8 Å². The number of carbonyl (C=O) groups is 1. The number of ether oxygens (including phenoxy) is 1. The molecular weight excluding hydrogens is 332 g/mol. The van der Waals surface area contributed by atoms with Gasteiger partial charge >= 0.3 is 0 Å². The number of hydrogen-bond acceptors (Lipinski definition) is 6. The highest BCUT2D eigenvalue weighted by Crippen LogP contribution is 2.31. The van der Waals surface area contributed by atoms with Crippen molar-refractivity contribution in [1.82, 2.24) is 15.1 Å². The number of pyridine rings is 1. The van der Waals surface area contributed by atoms with Gasteiger partial charge in [-0.05, 0) is 25.1 Å². The summed E-state index contributed by atoms with van der Waals surface area (Å²) in [4.78, 5) is 22.8. The molecule has 3 aromatic rings. The molecule has 3 heterocycles. The molecule has 1 aliphatic heterocycles. The summed E-state index contributed by atoms with van der Waals surface area (Å²) >= 11 is 0. The third-order valence-corrected chi connectivity index (χ3v) is 4.47. The minimum Gasteiger partial charge on any atom is -0.481 e. The number of hydrogen-bond donors (Lipinski definition) is 0. The van der Waals surface area contributed by atoms with E-state index in [0.29, 0.717) is 36.1 Å². The van der Waals surface area contributed by atoms with E-state index in [-0.39, 0.29) is 11.8 Å². The van der Waals surface area contributed by atoms with Crippen molar-refractivity contribution in [3.05, 3.63) is 54.0 Å². The van der Waals surface area contributed by atoms with Crippen molar-refractivity contribution in [2.75, 3.05) is 18.6 Å². The predicted molar refractivity (Wildman–Crippen MR) is 95.0 cm³/mol. The smallest absolute Gasteiger partial charge is 0.259 e. The van der Waals surface area contributed by atoms with Crippen molar-refractivity contribution in [2.45, 2.75) is 19.3 Å². The quantitative estimate of drug-likeness (QED) is 0.719. The van der Waals surface area contributed by atoms with Crippen molar-refractivity contribution in [1.29, 1.82) is 0 Å². The van der Waals surface area contributed by atoms with Gasteiger partial charge in [0.05, 0.1) is 12.7 Å². The molecule has 132 valence electrons. The average Bonchev–Trinajstić information content (AvgIpc) is 3.29. The molecule has 1 fully saturated rings. The maximum atomic E-state index is 12.4. The molecule has 7 heteroatoms. The molecule has 0 radical (unpaired) electrons. The van der Waals surface area contributed by atoms with Gasteiger partial charge in [0.15, 0.2) is 5.82 Å². The Labute approximate surface area is 150 Å². The lowest BCUT2D eigenvalue weighted by atomic mass is 10.1. The number of rotatable bonds is 4. The molecule has 1 saturated heterocycles. The predicted octanol–water partition coefficient (Wildman–Crippen LogP) is 2.97. The first-order chi connectivity index (χ1) is 12.6. The standard InChI is InChI=1S/C19H18N4O3/c1-12-3-6-15(7-4-12)23-11-14(9-17(23)24)18-21-19(26-22-18)13-5-8-16(25-2)20-10-13/h3-8,10,14H,9,11H2,1-2H3/t14-/m0/s1. The summed E-state index contributed by atoms with van der Waals surface area (Å²) in [5, 5.41) is 4.07. The van der Waals surface area contributed by atoms with Crippen LogP contribution in [0.25, 0.3) is 11.5 Å². The maximum absolute atomic E-state index is 12.4. The summed E-state index contributed by atoms with van der Waals surface area (Å²) in [6.07, 6.45) is 1.99. The van der Waals surface area contributed by atoms with Crippen molar-refractivity contribution < 1.29 is 14.1 Å². The lowest BCUT2D eigenvalue weighted by molar-refractivity contribution is -0.117. The van der Waals surface area contributed by atoms with Crippen LogP contribution in [0.3, 0.4) is 0 Å². The molecule has 7 nitrogen and oxygen atoms in total. The molecule has 0 N–H and O–H groups in total. The second-order valence-electron chi connectivity index (χ2n) is 6.29. The number of amides is 1. The van der Waals surface area contributed by atoms with Crippen molar-refractivity contribution >= 4 is 11.6 Å². The Balaban J connectivity index is 1.52. The van der Waals surface area contributed by atoms with E-state index in [9.17, 15) is 4.79 Å². The molecule has 0 unspecified atom stereocenters. The van der Waals surface area contributed by atoms with Crippen molar-refractivity contribution in [3.63, 3.8) is 0 Å². The first-order valence-electron chi connectivity index (χ1n) is 8.35. The van der Waals surface area contributed by atoms with Crippen LogP contribution in [0.2, 0.25) is 0 Å². The highest BCUT2D eigenvalue weighted by atomic mass is 16.5. The molecule has 0 spiro atoms. The Morgan fingerprint density at radius 3 is 2.69 bits per heavy atom. The molecule has 1 amide bonds. The third kappa shape index (κ3) is 3.03. The molecule has 0 aliphatic carbocycles. The first kappa shape index (κ1) is 16.3. The van der Waals surface area contributed by atoms with Crippen LogP contribution in [0.4, 0.5) is 5.69 Å². The number of aromatic nitrogens is 3. The Hall–Kier alpha value is -3.22. The monoisotopic (exact) mass is 350 g/mol. The number of benzene rings is 1. The van der Waals surface area contributed by atoms with Crippen LogP contribution in [-0.2, 0) is 4.79 Å². The van der Waals surface area contributed by atoms with Gasteiger partial charge in [0.1, 0.15) is 0 Å².